The number of fused-ring (bicyclic) bond motifs is 1. The number of hydrogen-bond donors (Lipinski definition) is 1. The maximum atomic E-state index is 13.2. The van der Waals surface area contributed by atoms with Gasteiger partial charge in [-0.3, -0.25) is 0 Å². The lowest BCUT2D eigenvalue weighted by Gasteiger charge is -2.28. The zero-order chi connectivity index (χ0) is 13.7. The summed E-state index contributed by atoms with van der Waals surface area (Å²) in [6.45, 7) is -0.0480. The molecule has 1 aromatic carbocycles. The van der Waals surface area contributed by atoms with Crippen LogP contribution in [0.1, 0.15) is 36.8 Å². The van der Waals surface area contributed by atoms with E-state index in [1.54, 1.807) is 0 Å². The number of benzene rings is 1. The summed E-state index contributed by atoms with van der Waals surface area (Å²) in [5.41, 5.74) is 4.68. The van der Waals surface area contributed by atoms with Crippen LogP contribution in [-0.4, -0.2) is 6.79 Å². The summed E-state index contributed by atoms with van der Waals surface area (Å²) in [6, 6.07) is 2.40. The summed E-state index contributed by atoms with van der Waals surface area (Å²) < 4.78 is 49.8. The van der Waals surface area contributed by atoms with E-state index < -0.39 is 17.3 Å². The number of halogens is 3. The van der Waals surface area contributed by atoms with E-state index in [1.807, 2.05) is 0 Å². The van der Waals surface area contributed by atoms with E-state index in [-0.39, 0.29) is 18.1 Å². The van der Waals surface area contributed by atoms with E-state index in [0.29, 0.717) is 18.6 Å². The monoisotopic (exact) mass is 273 g/mol. The van der Waals surface area contributed by atoms with Crippen molar-refractivity contribution < 1.29 is 22.6 Å². The standard InChI is InChI=1S/C13H14F3NO2/c14-13(15,16)9-6-11-10(18-7-19-11)5-8(9)12(17)3-1-2-4-12/h5-6H,1-4,7,17H2. The normalized spacial score (nSPS) is 20.8. The van der Waals surface area contributed by atoms with E-state index in [4.69, 9.17) is 15.2 Å². The molecule has 1 aliphatic heterocycles. The highest BCUT2D eigenvalue weighted by molar-refractivity contribution is 5.52. The number of nitrogens with two attached hydrogens (primary N) is 1. The van der Waals surface area contributed by atoms with Gasteiger partial charge < -0.3 is 15.2 Å². The predicted octanol–water partition coefficient (Wildman–Crippen LogP) is 3.16. The molecule has 0 saturated heterocycles. The number of ether oxygens (including phenoxy) is 2. The molecular weight excluding hydrogens is 259 g/mol. The first-order chi connectivity index (χ1) is 8.90. The van der Waals surface area contributed by atoms with Gasteiger partial charge in [0.25, 0.3) is 0 Å². The average molecular weight is 273 g/mol. The van der Waals surface area contributed by atoms with Crippen LogP contribution in [0, 0.1) is 0 Å². The molecule has 0 atom stereocenters. The topological polar surface area (TPSA) is 44.5 Å². The van der Waals surface area contributed by atoms with Gasteiger partial charge in [0, 0.05) is 5.54 Å². The Kier molecular flexibility index (Phi) is 2.67. The van der Waals surface area contributed by atoms with E-state index in [1.165, 1.54) is 6.07 Å². The van der Waals surface area contributed by atoms with Gasteiger partial charge in [-0.2, -0.15) is 13.2 Å². The fraction of sp³-hybridized carbons (Fsp3) is 0.538. The predicted molar refractivity (Wildman–Crippen MR) is 61.9 cm³/mol. The van der Waals surface area contributed by atoms with Crippen molar-refractivity contribution in [2.24, 2.45) is 5.73 Å². The van der Waals surface area contributed by atoms with Crippen LogP contribution in [0.5, 0.6) is 11.5 Å². The Hall–Kier alpha value is -1.43. The van der Waals surface area contributed by atoms with Crippen LogP contribution in [0.3, 0.4) is 0 Å². The van der Waals surface area contributed by atoms with Crippen LogP contribution < -0.4 is 15.2 Å². The van der Waals surface area contributed by atoms with Gasteiger partial charge in [-0.05, 0) is 30.5 Å². The molecule has 1 aliphatic carbocycles. The highest BCUT2D eigenvalue weighted by Crippen LogP contribution is 2.47. The van der Waals surface area contributed by atoms with Gasteiger partial charge in [-0.15, -0.1) is 0 Å². The Morgan fingerprint density at radius 1 is 1.05 bits per heavy atom. The van der Waals surface area contributed by atoms with Crippen LogP contribution in [0.4, 0.5) is 13.2 Å². The van der Waals surface area contributed by atoms with Crippen molar-refractivity contribution >= 4 is 0 Å². The van der Waals surface area contributed by atoms with Gasteiger partial charge in [-0.1, -0.05) is 12.8 Å². The van der Waals surface area contributed by atoms with E-state index >= 15 is 0 Å². The smallest absolute Gasteiger partial charge is 0.416 e. The molecule has 1 aromatic rings. The quantitative estimate of drug-likeness (QED) is 0.854. The van der Waals surface area contributed by atoms with Crippen LogP contribution in [0.25, 0.3) is 0 Å². The molecule has 0 amide bonds. The Morgan fingerprint density at radius 3 is 2.21 bits per heavy atom. The zero-order valence-electron chi connectivity index (χ0n) is 10.2. The molecule has 1 saturated carbocycles. The summed E-state index contributed by atoms with van der Waals surface area (Å²) in [5.74, 6) is 0.484. The Labute approximate surface area is 108 Å². The zero-order valence-corrected chi connectivity index (χ0v) is 10.2. The van der Waals surface area contributed by atoms with E-state index in [2.05, 4.69) is 0 Å². The second kappa shape index (κ2) is 4.03. The largest absolute Gasteiger partial charge is 0.454 e. The average Bonchev–Trinajstić information content (AvgIpc) is 2.94. The molecular formula is C13H14F3NO2. The van der Waals surface area contributed by atoms with E-state index in [9.17, 15) is 13.2 Å². The first kappa shape index (κ1) is 12.6. The van der Waals surface area contributed by atoms with Crippen LogP contribution in [-0.2, 0) is 11.7 Å². The first-order valence-electron chi connectivity index (χ1n) is 6.20. The summed E-state index contributed by atoms with van der Waals surface area (Å²) in [4.78, 5) is 0. The molecule has 0 aromatic heterocycles. The number of hydrogen-bond acceptors (Lipinski definition) is 3. The third-order valence-corrected chi connectivity index (χ3v) is 3.85. The molecule has 19 heavy (non-hydrogen) atoms. The molecule has 104 valence electrons. The van der Waals surface area contributed by atoms with Crippen LogP contribution in [0.15, 0.2) is 12.1 Å². The molecule has 0 bridgehead atoms. The number of rotatable bonds is 1. The highest BCUT2D eigenvalue weighted by atomic mass is 19.4. The third-order valence-electron chi connectivity index (χ3n) is 3.85. The Balaban J connectivity index is 2.16. The van der Waals surface area contributed by atoms with Crippen molar-refractivity contribution in [2.75, 3.05) is 6.79 Å². The molecule has 6 heteroatoms. The molecule has 0 radical (unpaired) electrons. The summed E-state index contributed by atoms with van der Waals surface area (Å²) in [6.07, 6.45) is -1.61. The maximum absolute atomic E-state index is 13.2. The lowest BCUT2D eigenvalue weighted by Crippen LogP contribution is -2.35. The van der Waals surface area contributed by atoms with Crippen molar-refractivity contribution in [3.63, 3.8) is 0 Å². The molecule has 2 N–H and O–H groups in total. The maximum Gasteiger partial charge on any atom is 0.416 e. The Morgan fingerprint density at radius 2 is 1.63 bits per heavy atom. The van der Waals surface area contributed by atoms with Crippen molar-refractivity contribution in [3.8, 4) is 11.5 Å². The minimum absolute atomic E-state index is 0.0480. The van der Waals surface area contributed by atoms with Gasteiger partial charge in [0.15, 0.2) is 11.5 Å². The molecule has 3 rings (SSSR count). The number of alkyl halides is 3. The minimum atomic E-state index is -4.44. The molecule has 2 aliphatic rings. The fourth-order valence-electron chi connectivity index (χ4n) is 2.86. The summed E-state index contributed by atoms with van der Waals surface area (Å²) in [7, 11) is 0. The van der Waals surface area contributed by atoms with Gasteiger partial charge in [-0.25, -0.2) is 0 Å². The first-order valence-corrected chi connectivity index (χ1v) is 6.20. The van der Waals surface area contributed by atoms with Gasteiger partial charge in [0.05, 0.1) is 5.56 Å². The lowest BCUT2D eigenvalue weighted by atomic mass is 9.85. The fourth-order valence-corrected chi connectivity index (χ4v) is 2.86. The van der Waals surface area contributed by atoms with Gasteiger partial charge in [0.2, 0.25) is 6.79 Å². The lowest BCUT2D eigenvalue weighted by molar-refractivity contribution is -0.138. The van der Waals surface area contributed by atoms with Crippen LogP contribution in [0.2, 0.25) is 0 Å². The highest BCUT2D eigenvalue weighted by Gasteiger charge is 2.42. The molecule has 1 fully saturated rings. The molecule has 1 heterocycles. The summed E-state index contributed by atoms with van der Waals surface area (Å²) in [5, 5.41) is 0. The van der Waals surface area contributed by atoms with Crippen LogP contribution >= 0.6 is 0 Å². The van der Waals surface area contributed by atoms with Crippen molar-refractivity contribution in [2.45, 2.75) is 37.4 Å². The van der Waals surface area contributed by atoms with Crippen molar-refractivity contribution in [1.29, 1.82) is 0 Å². The third kappa shape index (κ3) is 2.04. The van der Waals surface area contributed by atoms with E-state index in [0.717, 1.165) is 18.9 Å². The summed E-state index contributed by atoms with van der Waals surface area (Å²) >= 11 is 0. The second-order valence-corrected chi connectivity index (χ2v) is 5.11. The van der Waals surface area contributed by atoms with Crippen molar-refractivity contribution in [3.05, 3.63) is 23.3 Å². The molecule has 0 unspecified atom stereocenters. The molecule has 3 nitrogen and oxygen atoms in total. The minimum Gasteiger partial charge on any atom is -0.454 e. The SMILES string of the molecule is NC1(c2cc3c(cc2C(F)(F)F)OCO3)CCCC1. The molecule has 0 spiro atoms. The van der Waals surface area contributed by atoms with Gasteiger partial charge in [0.1, 0.15) is 0 Å². The second-order valence-electron chi connectivity index (χ2n) is 5.11. The van der Waals surface area contributed by atoms with Crippen molar-refractivity contribution in [1.82, 2.24) is 0 Å². The Bertz CT molecular complexity index is 507. The van der Waals surface area contributed by atoms with Gasteiger partial charge >= 0.3 is 6.18 Å².